The number of hydrogen-bond acceptors (Lipinski definition) is 3. The minimum Gasteiger partial charge on any atom is -0.348 e. The lowest BCUT2D eigenvalue weighted by Gasteiger charge is -2.12. The summed E-state index contributed by atoms with van der Waals surface area (Å²) in [7, 11) is 0. The van der Waals surface area contributed by atoms with Crippen LogP contribution >= 0.6 is 12.2 Å². The molecule has 0 aromatic heterocycles. The van der Waals surface area contributed by atoms with Gasteiger partial charge in [-0.25, -0.2) is 0 Å². The number of nitrogens with one attached hydrogen (secondary N) is 3. The van der Waals surface area contributed by atoms with Gasteiger partial charge in [-0.1, -0.05) is 43.2 Å². The summed E-state index contributed by atoms with van der Waals surface area (Å²) in [6.07, 6.45) is 5.21. The van der Waals surface area contributed by atoms with Crippen molar-refractivity contribution in [2.45, 2.75) is 38.6 Å². The summed E-state index contributed by atoms with van der Waals surface area (Å²) in [5, 5.41) is 8.90. The molecule has 0 spiro atoms. The number of carbonyl (C=O) groups is 2. The second-order valence-electron chi connectivity index (χ2n) is 7.10. The maximum absolute atomic E-state index is 12.2. The summed E-state index contributed by atoms with van der Waals surface area (Å²) in [4.78, 5) is 24.3. The molecule has 2 aromatic carbocycles. The van der Waals surface area contributed by atoms with Crippen molar-refractivity contribution in [2.75, 3.05) is 5.32 Å². The average Bonchev–Trinajstić information content (AvgIpc) is 3.20. The van der Waals surface area contributed by atoms with Crippen molar-refractivity contribution in [3.05, 3.63) is 65.7 Å². The molecular weight excluding hydrogens is 370 g/mol. The first-order valence-corrected chi connectivity index (χ1v) is 10.0. The van der Waals surface area contributed by atoms with Crippen molar-refractivity contribution < 1.29 is 9.59 Å². The number of amides is 2. The third-order valence-electron chi connectivity index (χ3n) is 4.90. The van der Waals surface area contributed by atoms with Crippen molar-refractivity contribution in [2.24, 2.45) is 5.92 Å². The van der Waals surface area contributed by atoms with Gasteiger partial charge in [0.15, 0.2) is 5.11 Å². The van der Waals surface area contributed by atoms with Gasteiger partial charge in [0.1, 0.15) is 0 Å². The van der Waals surface area contributed by atoms with Crippen molar-refractivity contribution >= 4 is 34.8 Å². The number of rotatable bonds is 6. The predicted octanol–water partition coefficient (Wildman–Crippen LogP) is 4.01. The molecule has 0 saturated heterocycles. The SMILES string of the molecule is O=C(CC1CCCC1)NC(=S)Nc1ccc(C(=O)NCc2ccccc2)cc1. The van der Waals surface area contributed by atoms with Crippen LogP contribution in [0.4, 0.5) is 5.69 Å². The number of benzene rings is 2. The first-order chi connectivity index (χ1) is 13.6. The Morgan fingerprint density at radius 2 is 1.64 bits per heavy atom. The zero-order valence-corrected chi connectivity index (χ0v) is 16.6. The second-order valence-corrected chi connectivity index (χ2v) is 7.51. The van der Waals surface area contributed by atoms with Gasteiger partial charge in [0.2, 0.25) is 5.91 Å². The van der Waals surface area contributed by atoms with Crippen LogP contribution in [0.5, 0.6) is 0 Å². The van der Waals surface area contributed by atoms with Gasteiger partial charge in [-0.2, -0.15) is 0 Å². The van der Waals surface area contributed by atoms with Crippen LogP contribution in [-0.2, 0) is 11.3 Å². The van der Waals surface area contributed by atoms with E-state index in [0.29, 0.717) is 24.4 Å². The van der Waals surface area contributed by atoms with Gasteiger partial charge < -0.3 is 16.0 Å². The van der Waals surface area contributed by atoms with Gasteiger partial charge in [0, 0.05) is 24.2 Å². The second kappa shape index (κ2) is 9.99. The van der Waals surface area contributed by atoms with Crippen molar-refractivity contribution in [3.63, 3.8) is 0 Å². The van der Waals surface area contributed by atoms with Crippen molar-refractivity contribution in [3.8, 4) is 0 Å². The van der Waals surface area contributed by atoms with Crippen molar-refractivity contribution in [1.82, 2.24) is 10.6 Å². The Kier molecular flexibility index (Phi) is 7.14. The lowest BCUT2D eigenvalue weighted by atomic mass is 10.0. The highest BCUT2D eigenvalue weighted by molar-refractivity contribution is 7.80. The van der Waals surface area contributed by atoms with Gasteiger partial charge in [0.05, 0.1) is 0 Å². The Morgan fingerprint density at radius 1 is 0.964 bits per heavy atom. The van der Waals surface area contributed by atoms with E-state index >= 15 is 0 Å². The smallest absolute Gasteiger partial charge is 0.251 e. The molecule has 3 N–H and O–H groups in total. The van der Waals surface area contributed by atoms with E-state index in [1.54, 1.807) is 24.3 Å². The lowest BCUT2D eigenvalue weighted by molar-refractivity contribution is -0.120. The molecule has 0 atom stereocenters. The molecule has 0 bridgehead atoms. The van der Waals surface area contributed by atoms with Crippen LogP contribution in [0.25, 0.3) is 0 Å². The molecule has 28 heavy (non-hydrogen) atoms. The van der Waals surface area contributed by atoms with Crippen LogP contribution in [-0.4, -0.2) is 16.9 Å². The van der Waals surface area contributed by atoms with Crippen LogP contribution in [0.15, 0.2) is 54.6 Å². The summed E-state index contributed by atoms with van der Waals surface area (Å²) in [5.41, 5.74) is 2.34. The number of thiocarbonyl (C=S) groups is 1. The highest BCUT2D eigenvalue weighted by Gasteiger charge is 2.18. The van der Waals surface area contributed by atoms with Gasteiger partial charge in [-0.15, -0.1) is 0 Å². The number of hydrogen-bond donors (Lipinski definition) is 3. The Hall–Kier alpha value is -2.73. The summed E-state index contributed by atoms with van der Waals surface area (Å²) in [6.45, 7) is 0.483. The fraction of sp³-hybridized carbons (Fsp3) is 0.318. The fourth-order valence-electron chi connectivity index (χ4n) is 3.40. The molecule has 146 valence electrons. The summed E-state index contributed by atoms with van der Waals surface area (Å²) >= 11 is 5.21. The van der Waals surface area contributed by atoms with E-state index in [9.17, 15) is 9.59 Å². The first kappa shape index (κ1) is 20.0. The van der Waals surface area contributed by atoms with Crippen LogP contribution < -0.4 is 16.0 Å². The van der Waals surface area contributed by atoms with Crippen LogP contribution in [0.3, 0.4) is 0 Å². The molecular formula is C22H25N3O2S. The molecule has 1 aliphatic rings. The molecule has 2 aromatic rings. The van der Waals surface area contributed by atoms with Gasteiger partial charge in [-0.3, -0.25) is 9.59 Å². The van der Waals surface area contributed by atoms with Crippen molar-refractivity contribution in [1.29, 1.82) is 0 Å². The summed E-state index contributed by atoms with van der Waals surface area (Å²) in [5.74, 6) is 0.306. The van der Waals surface area contributed by atoms with Gasteiger partial charge >= 0.3 is 0 Å². The largest absolute Gasteiger partial charge is 0.348 e. The average molecular weight is 396 g/mol. The van der Waals surface area contributed by atoms with Crippen LogP contribution in [0, 0.1) is 5.92 Å². The molecule has 3 rings (SSSR count). The topological polar surface area (TPSA) is 70.2 Å². The molecule has 1 saturated carbocycles. The summed E-state index contributed by atoms with van der Waals surface area (Å²) in [6, 6.07) is 16.8. The maximum atomic E-state index is 12.2. The summed E-state index contributed by atoms with van der Waals surface area (Å²) < 4.78 is 0. The van der Waals surface area contributed by atoms with E-state index in [-0.39, 0.29) is 16.9 Å². The molecule has 0 radical (unpaired) electrons. The zero-order chi connectivity index (χ0) is 19.8. The Labute approximate surface area is 170 Å². The van der Waals surface area contributed by atoms with E-state index in [1.807, 2.05) is 30.3 Å². The predicted molar refractivity (Wildman–Crippen MR) is 115 cm³/mol. The quantitative estimate of drug-likeness (QED) is 0.647. The minimum atomic E-state index is -0.136. The van der Waals surface area contributed by atoms with E-state index in [1.165, 1.54) is 12.8 Å². The Balaban J connectivity index is 1.44. The molecule has 1 fully saturated rings. The zero-order valence-electron chi connectivity index (χ0n) is 15.7. The van der Waals surface area contributed by atoms with Crippen LogP contribution in [0.1, 0.15) is 48.0 Å². The van der Waals surface area contributed by atoms with E-state index in [0.717, 1.165) is 24.1 Å². The van der Waals surface area contributed by atoms with Crippen LogP contribution in [0.2, 0.25) is 0 Å². The highest BCUT2D eigenvalue weighted by atomic mass is 32.1. The highest BCUT2D eigenvalue weighted by Crippen LogP contribution is 2.27. The minimum absolute atomic E-state index is 0.0405. The molecule has 0 aliphatic heterocycles. The maximum Gasteiger partial charge on any atom is 0.251 e. The Bertz CT molecular complexity index is 815. The standard InChI is InChI=1S/C22H25N3O2S/c26-20(14-16-6-4-5-7-16)25-22(28)24-19-12-10-18(11-13-19)21(27)23-15-17-8-2-1-3-9-17/h1-3,8-13,16H,4-7,14-15H2,(H,23,27)(H2,24,25,26,28). The number of anilines is 1. The lowest BCUT2D eigenvalue weighted by Crippen LogP contribution is -2.34. The first-order valence-electron chi connectivity index (χ1n) is 9.63. The van der Waals surface area contributed by atoms with Gasteiger partial charge in [-0.05, 0) is 60.8 Å². The molecule has 1 aliphatic carbocycles. The molecule has 0 unspecified atom stereocenters. The molecule has 0 heterocycles. The normalized spacial score (nSPS) is 13.7. The van der Waals surface area contributed by atoms with E-state index < -0.39 is 0 Å². The van der Waals surface area contributed by atoms with E-state index in [4.69, 9.17) is 12.2 Å². The third kappa shape index (κ3) is 6.16. The third-order valence-corrected chi connectivity index (χ3v) is 5.11. The van der Waals surface area contributed by atoms with E-state index in [2.05, 4.69) is 16.0 Å². The number of carbonyl (C=O) groups excluding carboxylic acids is 2. The molecule has 2 amide bonds. The Morgan fingerprint density at radius 3 is 2.32 bits per heavy atom. The monoisotopic (exact) mass is 395 g/mol. The molecule has 5 nitrogen and oxygen atoms in total. The van der Waals surface area contributed by atoms with Gasteiger partial charge in [0.25, 0.3) is 5.91 Å². The fourth-order valence-corrected chi connectivity index (χ4v) is 3.63. The molecule has 6 heteroatoms.